The normalized spacial score (nSPS) is 20.5. The van der Waals surface area contributed by atoms with Crippen LogP contribution in [0.15, 0.2) is 52.3 Å². The molecular formula is C25H18ClF3N2O6S2. The molecule has 0 radical (unpaired) electrons. The van der Waals surface area contributed by atoms with Gasteiger partial charge in [-0.15, -0.1) is 0 Å². The number of imide groups is 1. The van der Waals surface area contributed by atoms with Crippen LogP contribution in [0, 0.1) is 5.92 Å². The van der Waals surface area contributed by atoms with Gasteiger partial charge in [0.15, 0.2) is 6.61 Å². The number of amides is 2. The van der Waals surface area contributed by atoms with Gasteiger partial charge in [0.2, 0.25) is 11.8 Å². The molecule has 0 saturated carbocycles. The number of halogens is 4. The van der Waals surface area contributed by atoms with Crippen molar-refractivity contribution in [1.82, 2.24) is 4.98 Å². The number of hydrogen-bond acceptors (Lipinski definition) is 8. The Kier molecular flexibility index (Phi) is 7.25. The SMILES string of the molecule is CCOC(=O)COc1ccc(Cl)cc1[C@@H]1c2sc(=O)[nH]c2S[C@H]2C(=O)N(c3ccccc3C(F)(F)F)C(=O)[C@@H]12. The third-order valence-electron chi connectivity index (χ3n) is 6.23. The number of alkyl halides is 3. The number of thiazole rings is 1. The van der Waals surface area contributed by atoms with Crippen molar-refractivity contribution in [2.75, 3.05) is 18.1 Å². The average molecular weight is 599 g/mol. The van der Waals surface area contributed by atoms with Crippen molar-refractivity contribution in [3.63, 3.8) is 0 Å². The minimum absolute atomic E-state index is 0.131. The van der Waals surface area contributed by atoms with Gasteiger partial charge in [-0.1, -0.05) is 46.8 Å². The van der Waals surface area contributed by atoms with Crippen LogP contribution < -0.4 is 14.5 Å². The largest absolute Gasteiger partial charge is 0.482 e. The zero-order valence-electron chi connectivity index (χ0n) is 19.9. The van der Waals surface area contributed by atoms with Gasteiger partial charge < -0.3 is 14.5 Å². The summed E-state index contributed by atoms with van der Waals surface area (Å²) in [4.78, 5) is 54.9. The van der Waals surface area contributed by atoms with E-state index in [9.17, 15) is 32.3 Å². The van der Waals surface area contributed by atoms with Crippen LogP contribution in [-0.4, -0.2) is 41.2 Å². The lowest BCUT2D eigenvalue weighted by molar-refractivity contribution is -0.145. The number of anilines is 1. The van der Waals surface area contributed by atoms with Crippen molar-refractivity contribution >= 4 is 58.2 Å². The molecule has 1 fully saturated rings. The molecule has 2 aliphatic rings. The third kappa shape index (κ3) is 4.94. The van der Waals surface area contributed by atoms with Crippen LogP contribution >= 0.6 is 34.7 Å². The van der Waals surface area contributed by atoms with E-state index >= 15 is 0 Å². The molecule has 14 heteroatoms. The number of H-pyrrole nitrogens is 1. The summed E-state index contributed by atoms with van der Waals surface area (Å²) in [5.74, 6) is -4.38. The molecule has 2 amide bonds. The number of esters is 1. The first kappa shape index (κ1) is 27.3. The first-order valence-corrected chi connectivity index (χ1v) is 13.6. The van der Waals surface area contributed by atoms with E-state index in [1.165, 1.54) is 30.3 Å². The molecule has 0 bridgehead atoms. The number of hydrogen-bond donors (Lipinski definition) is 1. The van der Waals surface area contributed by atoms with E-state index < -0.39 is 63.8 Å². The topological polar surface area (TPSA) is 106 Å². The van der Waals surface area contributed by atoms with Gasteiger partial charge in [0.1, 0.15) is 11.0 Å². The highest BCUT2D eigenvalue weighted by Gasteiger charge is 2.57. The molecule has 1 aromatic heterocycles. The summed E-state index contributed by atoms with van der Waals surface area (Å²) in [6.45, 7) is 1.30. The average Bonchev–Trinajstić information content (AvgIpc) is 3.37. The number of aromatic nitrogens is 1. The molecule has 1 N–H and O–H groups in total. The van der Waals surface area contributed by atoms with Gasteiger partial charge in [-0.25, -0.2) is 9.69 Å². The molecule has 3 heterocycles. The number of aromatic amines is 1. The number of benzene rings is 2. The number of ether oxygens (including phenoxy) is 2. The van der Waals surface area contributed by atoms with Gasteiger partial charge in [0, 0.05) is 21.4 Å². The number of carbonyl (C=O) groups is 3. The van der Waals surface area contributed by atoms with E-state index in [-0.39, 0.29) is 17.4 Å². The van der Waals surface area contributed by atoms with Gasteiger partial charge in [-0.2, -0.15) is 13.2 Å². The summed E-state index contributed by atoms with van der Waals surface area (Å²) in [7, 11) is 0. The van der Waals surface area contributed by atoms with Crippen molar-refractivity contribution in [2.45, 2.75) is 29.3 Å². The second-order valence-corrected chi connectivity index (χ2v) is 11.2. The Morgan fingerprint density at radius 1 is 1.13 bits per heavy atom. The lowest BCUT2D eigenvalue weighted by Crippen LogP contribution is -2.33. The van der Waals surface area contributed by atoms with E-state index in [4.69, 9.17) is 21.1 Å². The van der Waals surface area contributed by atoms with Crippen LogP contribution in [0.3, 0.4) is 0 Å². The van der Waals surface area contributed by atoms with Crippen molar-refractivity contribution in [2.24, 2.45) is 5.92 Å². The summed E-state index contributed by atoms with van der Waals surface area (Å²) >= 11 is 8.01. The van der Waals surface area contributed by atoms with Gasteiger partial charge in [-0.05, 0) is 37.3 Å². The van der Waals surface area contributed by atoms with Crippen LogP contribution in [0.4, 0.5) is 18.9 Å². The Hall–Kier alpha value is -3.29. The number of nitrogens with one attached hydrogen (secondary N) is 1. The predicted molar refractivity (Wildman–Crippen MR) is 137 cm³/mol. The van der Waals surface area contributed by atoms with E-state index in [0.717, 1.165) is 35.2 Å². The van der Waals surface area contributed by atoms with Gasteiger partial charge in [0.25, 0.3) is 0 Å². The maximum absolute atomic E-state index is 13.9. The summed E-state index contributed by atoms with van der Waals surface area (Å²) in [6.07, 6.45) is -4.82. The molecule has 8 nitrogen and oxygen atoms in total. The molecule has 0 unspecified atom stereocenters. The minimum Gasteiger partial charge on any atom is -0.482 e. The number of para-hydroxylation sites is 1. The van der Waals surface area contributed by atoms with Crippen molar-refractivity contribution in [1.29, 1.82) is 0 Å². The van der Waals surface area contributed by atoms with Crippen molar-refractivity contribution in [3.05, 3.63) is 73.2 Å². The molecule has 39 heavy (non-hydrogen) atoms. The maximum atomic E-state index is 13.9. The number of carbonyl (C=O) groups excluding carboxylic acids is 3. The van der Waals surface area contributed by atoms with Crippen LogP contribution in [-0.2, 0) is 25.3 Å². The highest BCUT2D eigenvalue weighted by atomic mass is 35.5. The molecule has 3 atom stereocenters. The Morgan fingerprint density at radius 2 is 1.87 bits per heavy atom. The summed E-state index contributed by atoms with van der Waals surface area (Å²) in [5, 5.41) is -0.582. The standard InChI is InChI=1S/C25H18ClF3N2O6S2/c1-2-36-16(32)10-37-15-8-7-11(26)9-12(15)17-18-20(38-21-19(17)39-24(35)30-21)23(34)31(22(18)33)14-6-4-3-5-13(14)25(27,28)29/h3-9,17-18,20H,2,10H2,1H3,(H,30,35)/t17-,18-,20+/m0/s1. The smallest absolute Gasteiger partial charge is 0.418 e. The molecule has 204 valence electrons. The van der Waals surface area contributed by atoms with Gasteiger partial charge in [0.05, 0.1) is 28.8 Å². The van der Waals surface area contributed by atoms with Crippen LogP contribution in [0.25, 0.3) is 0 Å². The zero-order valence-corrected chi connectivity index (χ0v) is 22.3. The molecule has 2 aliphatic heterocycles. The Morgan fingerprint density at radius 3 is 2.59 bits per heavy atom. The number of thioether (sulfide) groups is 1. The first-order valence-electron chi connectivity index (χ1n) is 11.5. The van der Waals surface area contributed by atoms with E-state index in [1.807, 2.05) is 0 Å². The summed E-state index contributed by atoms with van der Waals surface area (Å²) in [6, 6.07) is 8.80. The molecule has 0 spiro atoms. The fourth-order valence-electron chi connectivity index (χ4n) is 4.73. The minimum atomic E-state index is -4.82. The Bertz CT molecular complexity index is 1540. The van der Waals surface area contributed by atoms with E-state index in [0.29, 0.717) is 20.4 Å². The van der Waals surface area contributed by atoms with Crippen LogP contribution in [0.5, 0.6) is 5.75 Å². The fraction of sp³-hybridized carbons (Fsp3) is 0.280. The highest BCUT2D eigenvalue weighted by molar-refractivity contribution is 8.00. The van der Waals surface area contributed by atoms with E-state index in [2.05, 4.69) is 4.98 Å². The Balaban J connectivity index is 1.64. The van der Waals surface area contributed by atoms with E-state index in [1.54, 1.807) is 6.92 Å². The molecular weight excluding hydrogens is 581 g/mol. The lowest BCUT2D eigenvalue weighted by atomic mass is 9.82. The number of fused-ring (bicyclic) bond motifs is 2. The monoisotopic (exact) mass is 598 g/mol. The third-order valence-corrected chi connectivity index (χ3v) is 8.87. The molecule has 0 aliphatic carbocycles. The van der Waals surface area contributed by atoms with Crippen LogP contribution in [0.1, 0.15) is 28.8 Å². The molecule has 3 aromatic rings. The highest BCUT2D eigenvalue weighted by Crippen LogP contribution is 2.55. The first-order chi connectivity index (χ1) is 18.5. The molecule has 2 aromatic carbocycles. The second kappa shape index (κ2) is 10.4. The number of rotatable bonds is 6. The summed E-state index contributed by atoms with van der Waals surface area (Å²) < 4.78 is 52.0. The maximum Gasteiger partial charge on any atom is 0.418 e. The predicted octanol–water partition coefficient (Wildman–Crippen LogP) is 4.85. The van der Waals surface area contributed by atoms with Gasteiger partial charge >= 0.3 is 17.0 Å². The Labute approximate surface area is 232 Å². The van der Waals surface area contributed by atoms with Crippen LogP contribution in [0.2, 0.25) is 5.02 Å². The fourth-order valence-corrected chi connectivity index (χ4v) is 7.42. The number of nitrogens with zero attached hydrogens (tertiary/aromatic N) is 1. The molecule has 5 rings (SSSR count). The van der Waals surface area contributed by atoms with Gasteiger partial charge in [-0.3, -0.25) is 14.4 Å². The second-order valence-electron chi connectivity index (χ2n) is 8.55. The molecule has 1 saturated heterocycles. The zero-order chi connectivity index (χ0) is 28.1. The summed E-state index contributed by atoms with van der Waals surface area (Å²) in [5.41, 5.74) is -1.41. The van der Waals surface area contributed by atoms with Crippen molar-refractivity contribution < 1.29 is 37.0 Å². The quantitative estimate of drug-likeness (QED) is 0.319. The lowest BCUT2D eigenvalue weighted by Gasteiger charge is -2.31. The van der Waals surface area contributed by atoms with Crippen molar-refractivity contribution in [3.8, 4) is 5.75 Å².